The van der Waals surface area contributed by atoms with E-state index in [1.807, 2.05) is 6.92 Å². The molecule has 3 rings (SSSR count). The average Bonchev–Trinajstić information content (AvgIpc) is 2.78. The lowest BCUT2D eigenvalue weighted by Crippen LogP contribution is -2.44. The Morgan fingerprint density at radius 1 is 1.16 bits per heavy atom. The Bertz CT molecular complexity index is 1040. The quantitative estimate of drug-likeness (QED) is 0.449. The van der Waals surface area contributed by atoms with Crippen LogP contribution in [0.3, 0.4) is 0 Å². The second-order valence-electron chi connectivity index (χ2n) is 7.98. The molecule has 174 valence electrons. The summed E-state index contributed by atoms with van der Waals surface area (Å²) in [5.74, 6) is 0.163. The number of aryl methyl sites for hydroxylation is 1. The van der Waals surface area contributed by atoms with Crippen molar-refractivity contribution < 1.29 is 23.2 Å². The summed E-state index contributed by atoms with van der Waals surface area (Å²) in [5, 5.41) is 22.2. The summed E-state index contributed by atoms with van der Waals surface area (Å²) in [7, 11) is -2.76. The monoisotopic (exact) mass is 463 g/mol. The number of hydrogen-bond acceptors (Lipinski definition) is 7. The zero-order valence-electron chi connectivity index (χ0n) is 18.3. The van der Waals surface area contributed by atoms with Crippen molar-refractivity contribution in [2.45, 2.75) is 37.2 Å². The van der Waals surface area contributed by atoms with Crippen LogP contribution in [0.2, 0.25) is 0 Å². The van der Waals surface area contributed by atoms with Gasteiger partial charge < -0.3 is 14.7 Å². The first-order valence-corrected chi connectivity index (χ1v) is 12.0. The minimum Gasteiger partial charge on any atom is -0.495 e. The van der Waals surface area contributed by atoms with Crippen molar-refractivity contribution in [3.63, 3.8) is 0 Å². The van der Waals surface area contributed by atoms with Gasteiger partial charge in [0.25, 0.3) is 15.7 Å². The Hall–Kier alpha value is -2.69. The number of methoxy groups -OCH3 is 1. The molecule has 1 fully saturated rings. The van der Waals surface area contributed by atoms with Gasteiger partial charge in [-0.2, -0.15) is 0 Å². The van der Waals surface area contributed by atoms with Crippen molar-refractivity contribution in [1.82, 2.24) is 4.90 Å². The molecule has 0 amide bonds. The lowest BCUT2D eigenvalue weighted by atomic mass is 10.1. The van der Waals surface area contributed by atoms with Crippen molar-refractivity contribution >= 4 is 21.4 Å². The van der Waals surface area contributed by atoms with E-state index in [0.717, 1.165) is 48.3 Å². The van der Waals surface area contributed by atoms with Gasteiger partial charge in [-0.15, -0.1) is 0 Å². The largest absolute Gasteiger partial charge is 0.495 e. The van der Waals surface area contributed by atoms with E-state index >= 15 is 0 Å². The van der Waals surface area contributed by atoms with Crippen LogP contribution in [0.15, 0.2) is 47.4 Å². The maximum Gasteiger partial charge on any atom is 0.271 e. The maximum absolute atomic E-state index is 13.6. The fourth-order valence-corrected chi connectivity index (χ4v) is 5.34. The third kappa shape index (κ3) is 5.56. The molecule has 1 heterocycles. The Morgan fingerprint density at radius 3 is 2.41 bits per heavy atom. The molecule has 0 saturated carbocycles. The number of piperidine rings is 1. The number of β-amino-alcohol motifs (C(OH)–C–C–N with tert-alkyl or cyclic N) is 1. The molecule has 2 aromatic carbocycles. The fraction of sp³-hybridized carbons (Fsp3) is 0.455. The van der Waals surface area contributed by atoms with Crippen LogP contribution in [0.1, 0.15) is 24.8 Å². The first kappa shape index (κ1) is 24.0. The standard InChI is InChI=1S/C22H29N3O6S/c1-17-6-9-20(10-7-17)32(29,30)24(16-19(26)15-23-12-4-3-5-13-23)21-14-18(25(27)28)8-11-22(21)31-2/h6-11,14,19,26H,3-5,12-13,15-16H2,1-2H3/t19-/m0/s1. The zero-order valence-corrected chi connectivity index (χ0v) is 19.1. The third-order valence-electron chi connectivity index (χ3n) is 5.55. The number of aliphatic hydroxyl groups is 1. The van der Waals surface area contributed by atoms with Gasteiger partial charge in [0, 0.05) is 18.7 Å². The smallest absolute Gasteiger partial charge is 0.271 e. The lowest BCUT2D eigenvalue weighted by molar-refractivity contribution is -0.384. The molecule has 0 spiro atoms. The highest BCUT2D eigenvalue weighted by Crippen LogP contribution is 2.36. The average molecular weight is 464 g/mol. The predicted molar refractivity (Wildman–Crippen MR) is 122 cm³/mol. The van der Waals surface area contributed by atoms with Crippen molar-refractivity contribution in [1.29, 1.82) is 0 Å². The van der Waals surface area contributed by atoms with Crippen molar-refractivity contribution in [3.8, 4) is 5.75 Å². The number of sulfonamides is 1. The van der Waals surface area contributed by atoms with Crippen LogP contribution in [-0.2, 0) is 10.0 Å². The van der Waals surface area contributed by atoms with Gasteiger partial charge in [0.05, 0.1) is 29.6 Å². The summed E-state index contributed by atoms with van der Waals surface area (Å²) >= 11 is 0. The van der Waals surface area contributed by atoms with Crippen LogP contribution in [0.25, 0.3) is 0 Å². The van der Waals surface area contributed by atoms with Crippen molar-refractivity contribution in [2.24, 2.45) is 0 Å². The summed E-state index contributed by atoms with van der Waals surface area (Å²) in [6.45, 7) is 3.60. The number of nitro groups is 1. The molecule has 0 unspecified atom stereocenters. The number of non-ortho nitro benzene ring substituents is 1. The molecule has 0 radical (unpaired) electrons. The van der Waals surface area contributed by atoms with E-state index in [0.29, 0.717) is 6.54 Å². The highest BCUT2D eigenvalue weighted by Gasteiger charge is 2.31. The van der Waals surface area contributed by atoms with Crippen LogP contribution < -0.4 is 9.04 Å². The van der Waals surface area contributed by atoms with Crippen molar-refractivity contribution in [3.05, 3.63) is 58.1 Å². The van der Waals surface area contributed by atoms with Gasteiger partial charge in [0.15, 0.2) is 0 Å². The summed E-state index contributed by atoms with van der Waals surface area (Å²) in [4.78, 5) is 12.9. The van der Waals surface area contributed by atoms with Crippen LogP contribution in [0.5, 0.6) is 5.75 Å². The van der Waals surface area contributed by atoms with Gasteiger partial charge in [0.2, 0.25) is 0 Å². The van der Waals surface area contributed by atoms with E-state index in [4.69, 9.17) is 4.74 Å². The minimum absolute atomic E-state index is 0.0139. The molecule has 0 aromatic heterocycles. The highest BCUT2D eigenvalue weighted by atomic mass is 32.2. The molecule has 0 aliphatic carbocycles. The Labute approximate surface area is 188 Å². The molecule has 1 atom stereocenters. The van der Waals surface area contributed by atoms with Crippen LogP contribution >= 0.6 is 0 Å². The minimum atomic E-state index is -4.13. The van der Waals surface area contributed by atoms with Gasteiger partial charge in [-0.1, -0.05) is 24.1 Å². The number of anilines is 1. The fourth-order valence-electron chi connectivity index (χ4n) is 3.84. The first-order valence-electron chi connectivity index (χ1n) is 10.5. The van der Waals surface area contributed by atoms with E-state index in [-0.39, 0.29) is 28.6 Å². The second kappa shape index (κ2) is 10.3. The zero-order chi connectivity index (χ0) is 23.3. The van der Waals surface area contributed by atoms with Gasteiger partial charge in [-0.25, -0.2) is 8.42 Å². The van der Waals surface area contributed by atoms with Crippen LogP contribution in [0, 0.1) is 17.0 Å². The van der Waals surface area contributed by atoms with Gasteiger partial charge in [-0.05, 0) is 51.1 Å². The molecule has 2 aromatic rings. The number of ether oxygens (including phenoxy) is 1. The SMILES string of the molecule is COc1ccc([N+](=O)[O-])cc1N(C[C@@H](O)CN1CCCCC1)S(=O)(=O)c1ccc(C)cc1. The van der Waals surface area contributed by atoms with Crippen LogP contribution in [-0.4, -0.2) is 62.7 Å². The molecule has 1 aliphatic rings. The number of likely N-dealkylation sites (tertiary alicyclic amines) is 1. The number of rotatable bonds is 9. The Kier molecular flexibility index (Phi) is 7.70. The number of hydrogen-bond donors (Lipinski definition) is 1. The van der Waals surface area contributed by atoms with E-state index in [9.17, 15) is 23.6 Å². The molecule has 1 saturated heterocycles. The third-order valence-corrected chi connectivity index (χ3v) is 7.34. The molecule has 1 N–H and O–H groups in total. The topological polar surface area (TPSA) is 113 Å². The Morgan fingerprint density at radius 2 is 1.81 bits per heavy atom. The molecule has 10 heteroatoms. The van der Waals surface area contributed by atoms with Crippen LogP contribution in [0.4, 0.5) is 11.4 Å². The summed E-state index contributed by atoms with van der Waals surface area (Å²) in [6, 6.07) is 10.1. The predicted octanol–water partition coefficient (Wildman–Crippen LogP) is 2.95. The highest BCUT2D eigenvalue weighted by molar-refractivity contribution is 7.92. The number of aliphatic hydroxyl groups excluding tert-OH is 1. The van der Waals surface area contributed by atoms with E-state index in [2.05, 4.69) is 4.90 Å². The van der Waals surface area contributed by atoms with Gasteiger partial charge in [-0.3, -0.25) is 14.4 Å². The molecular formula is C22H29N3O6S. The van der Waals surface area contributed by atoms with E-state index < -0.39 is 21.1 Å². The first-order chi connectivity index (χ1) is 15.2. The van der Waals surface area contributed by atoms with Gasteiger partial charge in [0.1, 0.15) is 11.4 Å². The van der Waals surface area contributed by atoms with Gasteiger partial charge >= 0.3 is 0 Å². The molecular weight excluding hydrogens is 434 g/mol. The van der Waals surface area contributed by atoms with Crippen molar-refractivity contribution in [2.75, 3.05) is 37.6 Å². The second-order valence-corrected chi connectivity index (χ2v) is 9.84. The normalized spacial score (nSPS) is 15.8. The molecule has 1 aliphatic heterocycles. The number of nitro benzene ring substituents is 1. The number of nitrogens with zero attached hydrogens (tertiary/aromatic N) is 3. The Balaban J connectivity index is 2.02. The maximum atomic E-state index is 13.6. The van der Waals surface area contributed by atoms with E-state index in [1.54, 1.807) is 12.1 Å². The van der Waals surface area contributed by atoms with E-state index in [1.165, 1.54) is 31.4 Å². The lowest BCUT2D eigenvalue weighted by Gasteiger charge is -2.32. The molecule has 0 bridgehead atoms. The summed E-state index contributed by atoms with van der Waals surface area (Å²) < 4.78 is 33.5. The summed E-state index contributed by atoms with van der Waals surface area (Å²) in [6.07, 6.45) is 2.23. The molecule has 9 nitrogen and oxygen atoms in total. The summed E-state index contributed by atoms with van der Waals surface area (Å²) in [5.41, 5.74) is 0.643. The number of benzene rings is 2. The molecule has 32 heavy (non-hydrogen) atoms.